The second-order valence-corrected chi connectivity index (χ2v) is 8.59. The molecule has 10 nitrogen and oxygen atoms in total. The number of hydrogen-bond donors (Lipinski definition) is 6. The van der Waals surface area contributed by atoms with Crippen LogP contribution in [0.1, 0.15) is 24.5 Å². The number of phenolic OH excluding ortho intramolecular Hbond substituents is 2. The molecule has 194 valence electrons. The van der Waals surface area contributed by atoms with Gasteiger partial charge in [0, 0.05) is 6.42 Å². The van der Waals surface area contributed by atoms with Crippen molar-refractivity contribution in [2.45, 2.75) is 63.0 Å². The summed E-state index contributed by atoms with van der Waals surface area (Å²) in [5.41, 5.74) is 1.62. The van der Waals surface area contributed by atoms with Crippen molar-refractivity contribution in [3.05, 3.63) is 47.5 Å². The predicted molar refractivity (Wildman–Crippen MR) is 125 cm³/mol. The van der Waals surface area contributed by atoms with Gasteiger partial charge in [0.15, 0.2) is 29.3 Å². The average molecular weight is 495 g/mol. The van der Waals surface area contributed by atoms with Crippen molar-refractivity contribution in [2.75, 3.05) is 20.3 Å². The van der Waals surface area contributed by atoms with E-state index in [-0.39, 0.29) is 30.5 Å². The van der Waals surface area contributed by atoms with E-state index in [0.29, 0.717) is 25.0 Å². The summed E-state index contributed by atoms with van der Waals surface area (Å²) in [5, 5.41) is 59.4. The molecule has 0 radical (unpaired) electrons. The molecular formula is C25H34O10. The van der Waals surface area contributed by atoms with Gasteiger partial charge in [0.2, 0.25) is 0 Å². The van der Waals surface area contributed by atoms with Gasteiger partial charge in [-0.05, 0) is 55.2 Å². The highest BCUT2D eigenvalue weighted by atomic mass is 16.7. The molecule has 0 aromatic heterocycles. The number of phenols is 2. The summed E-state index contributed by atoms with van der Waals surface area (Å²) in [7, 11) is 1.45. The van der Waals surface area contributed by atoms with Crippen molar-refractivity contribution in [3.8, 4) is 23.0 Å². The molecule has 6 unspecified atom stereocenters. The van der Waals surface area contributed by atoms with Crippen molar-refractivity contribution < 1.29 is 49.6 Å². The summed E-state index contributed by atoms with van der Waals surface area (Å²) in [6.45, 7) is 1.55. The predicted octanol–water partition coefficient (Wildman–Crippen LogP) is 0.865. The van der Waals surface area contributed by atoms with Crippen LogP contribution in [-0.4, -0.2) is 87.8 Å². The number of aliphatic hydroxyl groups is 4. The lowest BCUT2D eigenvalue weighted by atomic mass is 10.00. The minimum Gasteiger partial charge on any atom is -0.504 e. The summed E-state index contributed by atoms with van der Waals surface area (Å²) in [6, 6.07) is 9.86. The summed E-state index contributed by atoms with van der Waals surface area (Å²) in [4.78, 5) is 0. The lowest BCUT2D eigenvalue weighted by Crippen LogP contribution is -2.57. The topological polar surface area (TPSA) is 158 Å². The summed E-state index contributed by atoms with van der Waals surface area (Å²) >= 11 is 0. The minimum atomic E-state index is -1.34. The summed E-state index contributed by atoms with van der Waals surface area (Å²) in [6.07, 6.45) is -4.72. The highest BCUT2D eigenvalue weighted by molar-refractivity contribution is 5.43. The van der Waals surface area contributed by atoms with Gasteiger partial charge in [0.25, 0.3) is 0 Å². The largest absolute Gasteiger partial charge is 0.504 e. The average Bonchev–Trinajstić information content (AvgIpc) is 2.85. The van der Waals surface area contributed by atoms with Crippen molar-refractivity contribution >= 4 is 0 Å². The first-order valence-electron chi connectivity index (χ1n) is 11.5. The van der Waals surface area contributed by atoms with E-state index in [9.17, 15) is 30.6 Å². The number of hydrogen-bond acceptors (Lipinski definition) is 10. The maximum absolute atomic E-state index is 10.4. The van der Waals surface area contributed by atoms with Crippen LogP contribution >= 0.6 is 0 Å². The highest BCUT2D eigenvalue weighted by Crippen LogP contribution is 2.30. The third-order valence-electron chi connectivity index (χ3n) is 5.93. The Labute approximate surface area is 203 Å². The van der Waals surface area contributed by atoms with Gasteiger partial charge >= 0.3 is 0 Å². The van der Waals surface area contributed by atoms with Gasteiger partial charge < -0.3 is 49.6 Å². The number of methoxy groups -OCH3 is 1. The van der Waals surface area contributed by atoms with Crippen LogP contribution < -0.4 is 9.47 Å². The SMILES string of the molecule is COc1cc(CC(CO)Oc2ccc(CCCOC3OC(C)C(O)C(O)C3O)cc2O)ccc1O. The Balaban J connectivity index is 1.50. The van der Waals surface area contributed by atoms with E-state index in [1.165, 1.54) is 13.2 Å². The van der Waals surface area contributed by atoms with Crippen LogP contribution in [0.2, 0.25) is 0 Å². The summed E-state index contributed by atoms with van der Waals surface area (Å²) < 4.78 is 21.8. The number of rotatable bonds is 11. The first kappa shape index (κ1) is 27.0. The van der Waals surface area contributed by atoms with Crippen LogP contribution in [0.5, 0.6) is 23.0 Å². The third-order valence-corrected chi connectivity index (χ3v) is 5.93. The molecule has 3 rings (SSSR count). The zero-order valence-corrected chi connectivity index (χ0v) is 19.8. The first-order valence-corrected chi connectivity index (χ1v) is 11.5. The highest BCUT2D eigenvalue weighted by Gasteiger charge is 2.42. The Morgan fingerprint density at radius 1 is 0.914 bits per heavy atom. The minimum absolute atomic E-state index is 0.0183. The molecule has 2 aromatic carbocycles. The normalized spacial score (nSPS) is 25.3. The van der Waals surface area contributed by atoms with Crippen LogP contribution in [0, 0.1) is 0 Å². The van der Waals surface area contributed by atoms with E-state index < -0.39 is 36.8 Å². The Bertz CT molecular complexity index is 952. The summed E-state index contributed by atoms with van der Waals surface area (Å²) in [5.74, 6) is 0.505. The van der Waals surface area contributed by atoms with Gasteiger partial charge in [0.05, 0.1) is 26.4 Å². The quantitative estimate of drug-likeness (QED) is 0.248. The molecule has 1 aliphatic rings. The number of ether oxygens (including phenoxy) is 4. The molecule has 1 aliphatic heterocycles. The molecule has 1 saturated heterocycles. The van der Waals surface area contributed by atoms with Crippen molar-refractivity contribution in [1.82, 2.24) is 0 Å². The van der Waals surface area contributed by atoms with Gasteiger partial charge in [-0.25, -0.2) is 0 Å². The molecule has 0 saturated carbocycles. The molecule has 6 N–H and O–H groups in total. The first-order chi connectivity index (χ1) is 16.7. The lowest BCUT2D eigenvalue weighted by Gasteiger charge is -2.38. The third kappa shape index (κ3) is 6.97. The molecule has 10 heteroatoms. The Morgan fingerprint density at radius 3 is 2.34 bits per heavy atom. The molecule has 35 heavy (non-hydrogen) atoms. The standard InChI is InChI=1S/C25H34O10/c1-14-22(29)23(30)24(31)25(34-14)33-9-3-4-15-6-8-20(19(28)11-15)35-17(13-26)10-16-5-7-18(27)21(12-16)32-2/h5-8,11-12,14,17,22-31H,3-4,9-10,13H2,1-2H3. The van der Waals surface area contributed by atoms with E-state index in [4.69, 9.17) is 18.9 Å². The maximum atomic E-state index is 10.4. The molecule has 0 amide bonds. The number of benzene rings is 2. The lowest BCUT2D eigenvalue weighted by molar-refractivity contribution is -0.293. The number of aromatic hydroxyl groups is 2. The molecule has 1 heterocycles. The van der Waals surface area contributed by atoms with Crippen molar-refractivity contribution in [3.63, 3.8) is 0 Å². The van der Waals surface area contributed by atoms with Crippen molar-refractivity contribution in [1.29, 1.82) is 0 Å². The zero-order valence-electron chi connectivity index (χ0n) is 19.8. The van der Waals surface area contributed by atoms with Gasteiger partial charge in [-0.1, -0.05) is 12.1 Å². The van der Waals surface area contributed by atoms with Crippen LogP contribution in [0.15, 0.2) is 36.4 Å². The van der Waals surface area contributed by atoms with Gasteiger partial charge in [-0.15, -0.1) is 0 Å². The van der Waals surface area contributed by atoms with Crippen LogP contribution in [0.4, 0.5) is 0 Å². The molecule has 0 spiro atoms. The van der Waals surface area contributed by atoms with E-state index in [1.807, 2.05) is 0 Å². The van der Waals surface area contributed by atoms with Gasteiger partial charge in [-0.3, -0.25) is 0 Å². The van der Waals surface area contributed by atoms with Gasteiger partial charge in [0.1, 0.15) is 24.4 Å². The Kier molecular flexibility index (Phi) is 9.55. The van der Waals surface area contributed by atoms with Gasteiger partial charge in [-0.2, -0.15) is 0 Å². The number of aliphatic hydroxyl groups excluding tert-OH is 4. The Morgan fingerprint density at radius 2 is 1.66 bits per heavy atom. The van der Waals surface area contributed by atoms with Crippen LogP contribution in [0.3, 0.4) is 0 Å². The fourth-order valence-corrected chi connectivity index (χ4v) is 3.88. The van der Waals surface area contributed by atoms with E-state index in [2.05, 4.69) is 0 Å². The molecular weight excluding hydrogens is 460 g/mol. The second kappa shape index (κ2) is 12.4. The molecule has 1 fully saturated rings. The van der Waals surface area contributed by atoms with Crippen LogP contribution in [-0.2, 0) is 22.3 Å². The molecule has 6 atom stereocenters. The Hall–Kier alpha value is -2.60. The molecule has 2 aromatic rings. The van der Waals surface area contributed by atoms with E-state index in [1.54, 1.807) is 37.3 Å². The van der Waals surface area contributed by atoms with E-state index in [0.717, 1.165) is 11.1 Å². The molecule has 0 aliphatic carbocycles. The fourth-order valence-electron chi connectivity index (χ4n) is 3.88. The smallest absolute Gasteiger partial charge is 0.186 e. The van der Waals surface area contributed by atoms with Crippen LogP contribution in [0.25, 0.3) is 0 Å². The second-order valence-electron chi connectivity index (χ2n) is 8.59. The number of aryl methyl sites for hydroxylation is 1. The molecule has 0 bridgehead atoms. The fraction of sp³-hybridized carbons (Fsp3) is 0.520. The maximum Gasteiger partial charge on any atom is 0.186 e. The monoisotopic (exact) mass is 494 g/mol. The zero-order chi connectivity index (χ0) is 25.5. The van der Waals surface area contributed by atoms with E-state index >= 15 is 0 Å². The van der Waals surface area contributed by atoms with Crippen molar-refractivity contribution in [2.24, 2.45) is 0 Å².